The van der Waals surface area contributed by atoms with E-state index in [2.05, 4.69) is 10.1 Å². The summed E-state index contributed by atoms with van der Waals surface area (Å²) in [7, 11) is 0. The maximum atomic E-state index is 12.2. The minimum absolute atomic E-state index is 0.0818. The quantitative estimate of drug-likeness (QED) is 0.645. The van der Waals surface area contributed by atoms with E-state index in [9.17, 15) is 18.4 Å². The van der Waals surface area contributed by atoms with Crippen molar-refractivity contribution in [1.82, 2.24) is 0 Å². The third-order valence-electron chi connectivity index (χ3n) is 3.85. The Bertz CT molecular complexity index is 908. The maximum absolute atomic E-state index is 12.2. The van der Waals surface area contributed by atoms with Gasteiger partial charge in [-0.05, 0) is 42.3 Å². The first-order valence-corrected chi connectivity index (χ1v) is 8.87. The molecule has 1 N–H and O–H groups in total. The number of rotatable bonds is 8. The standard InChI is InChI=1S/C19H16ClF2NO6/c20-13-8-12(3-5-14(13)29-19(21)22)23-17(24)9-26-18(25)6-2-11-1-4-15-16(7-11)28-10-27-15/h1,3-5,7-8,19H,2,6,9-10H2,(H,23,24). The van der Waals surface area contributed by atoms with Gasteiger partial charge in [-0.15, -0.1) is 0 Å². The van der Waals surface area contributed by atoms with E-state index in [1.807, 2.05) is 6.07 Å². The largest absolute Gasteiger partial charge is 0.456 e. The van der Waals surface area contributed by atoms with Crippen LogP contribution < -0.4 is 19.5 Å². The molecule has 1 aliphatic heterocycles. The number of hydrogen-bond acceptors (Lipinski definition) is 6. The Balaban J connectivity index is 1.42. The Labute approximate surface area is 169 Å². The van der Waals surface area contributed by atoms with Crippen LogP contribution in [0, 0.1) is 0 Å². The minimum atomic E-state index is -3.01. The molecule has 0 aliphatic carbocycles. The van der Waals surface area contributed by atoms with Crippen LogP contribution >= 0.6 is 11.6 Å². The van der Waals surface area contributed by atoms with Crippen LogP contribution in [-0.4, -0.2) is 31.9 Å². The highest BCUT2D eigenvalue weighted by Crippen LogP contribution is 2.33. The SMILES string of the molecule is O=C(COC(=O)CCc1ccc2c(c1)OCO2)Nc1ccc(OC(F)F)c(Cl)c1. The number of hydrogen-bond donors (Lipinski definition) is 1. The van der Waals surface area contributed by atoms with E-state index < -0.39 is 25.1 Å². The highest BCUT2D eigenvalue weighted by molar-refractivity contribution is 6.32. The van der Waals surface area contributed by atoms with Crippen LogP contribution in [0.3, 0.4) is 0 Å². The molecule has 0 spiro atoms. The number of amides is 1. The fourth-order valence-electron chi connectivity index (χ4n) is 2.53. The number of benzene rings is 2. The molecule has 0 saturated carbocycles. The Morgan fingerprint density at radius 2 is 1.93 bits per heavy atom. The number of ether oxygens (including phenoxy) is 4. The van der Waals surface area contributed by atoms with Gasteiger partial charge in [0, 0.05) is 12.1 Å². The molecule has 0 radical (unpaired) electrons. The van der Waals surface area contributed by atoms with Gasteiger partial charge in [0.05, 0.1) is 5.02 Å². The van der Waals surface area contributed by atoms with Crippen molar-refractivity contribution in [2.75, 3.05) is 18.7 Å². The molecule has 2 aromatic rings. The molecule has 1 amide bonds. The van der Waals surface area contributed by atoms with Crippen LogP contribution in [0.15, 0.2) is 36.4 Å². The molecule has 29 heavy (non-hydrogen) atoms. The van der Waals surface area contributed by atoms with Crippen LogP contribution in [0.5, 0.6) is 17.2 Å². The summed E-state index contributed by atoms with van der Waals surface area (Å²) in [4.78, 5) is 23.7. The number of aryl methyl sites for hydroxylation is 1. The first kappa shape index (κ1) is 20.7. The lowest BCUT2D eigenvalue weighted by Gasteiger charge is -2.10. The number of anilines is 1. The number of halogens is 3. The molecule has 10 heteroatoms. The van der Waals surface area contributed by atoms with Crippen molar-refractivity contribution in [2.24, 2.45) is 0 Å². The van der Waals surface area contributed by atoms with Crippen LogP contribution in [0.2, 0.25) is 5.02 Å². The van der Waals surface area contributed by atoms with E-state index in [1.54, 1.807) is 12.1 Å². The summed E-state index contributed by atoms with van der Waals surface area (Å²) >= 11 is 5.81. The summed E-state index contributed by atoms with van der Waals surface area (Å²) in [6, 6.07) is 9.15. The van der Waals surface area contributed by atoms with Crippen LogP contribution in [0.4, 0.5) is 14.5 Å². The van der Waals surface area contributed by atoms with E-state index in [0.29, 0.717) is 17.9 Å². The van der Waals surface area contributed by atoms with Crippen molar-refractivity contribution in [3.05, 3.63) is 47.0 Å². The minimum Gasteiger partial charge on any atom is -0.456 e. The molecule has 0 unspecified atom stereocenters. The van der Waals surface area contributed by atoms with Gasteiger partial charge in [0.25, 0.3) is 5.91 Å². The lowest BCUT2D eigenvalue weighted by Crippen LogP contribution is -2.21. The van der Waals surface area contributed by atoms with E-state index >= 15 is 0 Å². The number of alkyl halides is 2. The van der Waals surface area contributed by atoms with Gasteiger partial charge in [-0.3, -0.25) is 9.59 Å². The second kappa shape index (κ2) is 9.42. The van der Waals surface area contributed by atoms with E-state index in [4.69, 9.17) is 25.8 Å². The molecule has 0 bridgehead atoms. The van der Waals surface area contributed by atoms with E-state index in [1.165, 1.54) is 18.2 Å². The summed E-state index contributed by atoms with van der Waals surface area (Å²) in [6.07, 6.45) is 0.497. The van der Waals surface area contributed by atoms with Crippen molar-refractivity contribution >= 4 is 29.2 Å². The zero-order chi connectivity index (χ0) is 20.8. The summed E-state index contributed by atoms with van der Waals surface area (Å²) in [5, 5.41) is 2.35. The van der Waals surface area contributed by atoms with Crippen LogP contribution in [-0.2, 0) is 20.7 Å². The highest BCUT2D eigenvalue weighted by Gasteiger charge is 2.15. The number of nitrogens with one attached hydrogen (secondary N) is 1. The van der Waals surface area contributed by atoms with Gasteiger partial charge >= 0.3 is 12.6 Å². The third kappa shape index (κ3) is 5.95. The second-order valence-electron chi connectivity index (χ2n) is 5.92. The summed E-state index contributed by atoms with van der Waals surface area (Å²) in [6.45, 7) is -3.33. The van der Waals surface area contributed by atoms with E-state index in [-0.39, 0.29) is 29.7 Å². The number of esters is 1. The smallest absolute Gasteiger partial charge is 0.387 e. The fraction of sp³-hybridized carbons (Fsp3) is 0.263. The predicted molar refractivity (Wildman–Crippen MR) is 98.6 cm³/mol. The molecule has 0 saturated heterocycles. The molecule has 0 aromatic heterocycles. The first-order chi connectivity index (χ1) is 13.9. The molecule has 3 rings (SSSR count). The Morgan fingerprint density at radius 3 is 2.69 bits per heavy atom. The monoisotopic (exact) mass is 427 g/mol. The predicted octanol–water partition coefficient (Wildman–Crippen LogP) is 3.78. The van der Waals surface area contributed by atoms with Gasteiger partial charge in [-0.1, -0.05) is 17.7 Å². The zero-order valence-corrected chi connectivity index (χ0v) is 15.7. The van der Waals surface area contributed by atoms with E-state index in [0.717, 1.165) is 5.56 Å². The average Bonchev–Trinajstić information content (AvgIpc) is 3.14. The molecule has 7 nitrogen and oxygen atoms in total. The number of carbonyl (C=O) groups excluding carboxylic acids is 2. The van der Waals surface area contributed by atoms with Crippen molar-refractivity contribution in [3.63, 3.8) is 0 Å². The first-order valence-electron chi connectivity index (χ1n) is 8.49. The molecule has 1 aliphatic rings. The topological polar surface area (TPSA) is 83.1 Å². The number of carbonyl (C=O) groups is 2. The van der Waals surface area contributed by atoms with Gasteiger partial charge in [0.15, 0.2) is 18.1 Å². The van der Waals surface area contributed by atoms with Crippen molar-refractivity contribution in [3.8, 4) is 17.2 Å². The van der Waals surface area contributed by atoms with Crippen molar-refractivity contribution < 1.29 is 37.3 Å². The van der Waals surface area contributed by atoms with Gasteiger partial charge < -0.3 is 24.3 Å². The van der Waals surface area contributed by atoms with Crippen molar-refractivity contribution in [1.29, 1.82) is 0 Å². The van der Waals surface area contributed by atoms with Gasteiger partial charge in [-0.2, -0.15) is 8.78 Å². The Morgan fingerprint density at radius 1 is 1.14 bits per heavy atom. The number of fused-ring (bicyclic) bond motifs is 1. The fourth-order valence-corrected chi connectivity index (χ4v) is 2.75. The molecule has 154 valence electrons. The lowest BCUT2D eigenvalue weighted by molar-refractivity contribution is -0.147. The van der Waals surface area contributed by atoms with Crippen LogP contribution in [0.1, 0.15) is 12.0 Å². The van der Waals surface area contributed by atoms with Crippen molar-refractivity contribution in [2.45, 2.75) is 19.5 Å². The second-order valence-corrected chi connectivity index (χ2v) is 6.33. The molecule has 2 aromatic carbocycles. The maximum Gasteiger partial charge on any atom is 0.387 e. The lowest BCUT2D eigenvalue weighted by atomic mass is 10.1. The summed E-state index contributed by atoms with van der Waals surface area (Å²) in [5.74, 6) is -0.0769. The molecule has 0 fully saturated rings. The average molecular weight is 428 g/mol. The normalized spacial score (nSPS) is 12.0. The molecule has 0 atom stereocenters. The molecular weight excluding hydrogens is 412 g/mol. The summed E-state index contributed by atoms with van der Waals surface area (Å²) in [5.41, 5.74) is 1.12. The summed E-state index contributed by atoms with van der Waals surface area (Å²) < 4.78 is 44.0. The highest BCUT2D eigenvalue weighted by atomic mass is 35.5. The van der Waals surface area contributed by atoms with Gasteiger partial charge in [0.1, 0.15) is 5.75 Å². The zero-order valence-electron chi connectivity index (χ0n) is 15.0. The Hall–Kier alpha value is -3.07. The Kier molecular flexibility index (Phi) is 6.71. The molecule has 1 heterocycles. The molecular formula is C19H16ClF2NO6. The van der Waals surface area contributed by atoms with Gasteiger partial charge in [0.2, 0.25) is 6.79 Å². The van der Waals surface area contributed by atoms with Crippen LogP contribution in [0.25, 0.3) is 0 Å². The van der Waals surface area contributed by atoms with Gasteiger partial charge in [-0.25, -0.2) is 0 Å². The third-order valence-corrected chi connectivity index (χ3v) is 4.15.